The van der Waals surface area contributed by atoms with E-state index in [0.29, 0.717) is 22.6 Å². The van der Waals surface area contributed by atoms with Crippen LogP contribution in [0.2, 0.25) is 0 Å². The molecule has 7 aromatic carbocycles. The van der Waals surface area contributed by atoms with Crippen LogP contribution in [0.4, 0.5) is 34.1 Å². The normalized spacial score (nSPS) is 12.2. The Morgan fingerprint density at radius 3 is 1.15 bits per heavy atom. The van der Waals surface area contributed by atoms with Crippen molar-refractivity contribution in [2.75, 3.05) is 9.80 Å². The van der Waals surface area contributed by atoms with E-state index in [9.17, 15) is 4.79 Å². The molecule has 1 unspecified atom stereocenters. The largest absolute Gasteiger partial charge is 0.488 e. The summed E-state index contributed by atoms with van der Waals surface area (Å²) in [6.07, 6.45) is 8.51. The van der Waals surface area contributed by atoms with Crippen LogP contribution in [0.15, 0.2) is 182 Å². The Bertz CT molecular complexity index is 2520. The fourth-order valence-corrected chi connectivity index (χ4v) is 8.25. The van der Waals surface area contributed by atoms with Crippen molar-refractivity contribution in [2.45, 2.75) is 104 Å². The Hall–Kier alpha value is -6.79. The maximum Gasteiger partial charge on any atom is 0.193 e. The van der Waals surface area contributed by atoms with E-state index in [0.717, 1.165) is 84.1 Å². The first-order chi connectivity index (χ1) is 31.6. The molecule has 6 heteroatoms. The van der Waals surface area contributed by atoms with E-state index in [2.05, 4.69) is 161 Å². The molecular formula is C59H64N2O4. The van der Waals surface area contributed by atoms with Crippen LogP contribution >= 0.6 is 0 Å². The maximum absolute atomic E-state index is 13.5. The van der Waals surface area contributed by atoms with Crippen LogP contribution in [0.5, 0.6) is 23.0 Å². The topological polar surface area (TPSA) is 51.2 Å². The number of ether oxygens (including phenoxy) is 3. The number of anilines is 6. The lowest BCUT2D eigenvalue weighted by Crippen LogP contribution is -2.32. The molecule has 0 aliphatic rings. The first-order valence-electron chi connectivity index (χ1n) is 23.4. The summed E-state index contributed by atoms with van der Waals surface area (Å²) in [5, 5.41) is 0. The average molecular weight is 865 g/mol. The molecule has 0 aromatic heterocycles. The number of ketones is 1. The van der Waals surface area contributed by atoms with E-state index < -0.39 is 0 Å². The minimum atomic E-state index is -0.206. The molecule has 0 saturated heterocycles. The molecule has 0 amide bonds. The fourth-order valence-electron chi connectivity index (χ4n) is 8.25. The summed E-state index contributed by atoms with van der Waals surface area (Å²) < 4.78 is 19.2. The molecule has 0 radical (unpaired) electrons. The third-order valence-corrected chi connectivity index (χ3v) is 12.4. The smallest absolute Gasteiger partial charge is 0.193 e. The number of rotatable bonds is 22. The number of carbonyl (C=O) groups is 1. The second kappa shape index (κ2) is 21.7. The summed E-state index contributed by atoms with van der Waals surface area (Å²) >= 11 is 0. The van der Waals surface area contributed by atoms with Gasteiger partial charge in [-0.25, -0.2) is 0 Å². The number of unbranched alkanes of at least 4 members (excludes halogenated alkanes) is 2. The van der Waals surface area contributed by atoms with Crippen molar-refractivity contribution in [3.05, 3.63) is 193 Å². The summed E-state index contributed by atoms with van der Waals surface area (Å²) in [5.41, 5.74) is 7.01. The van der Waals surface area contributed by atoms with Gasteiger partial charge in [0.2, 0.25) is 0 Å². The fraction of sp³-hybridized carbons (Fsp3) is 0.271. The van der Waals surface area contributed by atoms with Crippen molar-refractivity contribution in [3.63, 3.8) is 0 Å². The van der Waals surface area contributed by atoms with Gasteiger partial charge in [0.05, 0.1) is 0 Å². The van der Waals surface area contributed by atoms with E-state index in [1.54, 1.807) is 0 Å². The quantitative estimate of drug-likeness (QED) is 0.0500. The summed E-state index contributed by atoms with van der Waals surface area (Å²) in [4.78, 5) is 18.0. The lowest BCUT2D eigenvalue weighted by Gasteiger charge is -2.31. The van der Waals surface area contributed by atoms with Crippen LogP contribution in [0.25, 0.3) is 0 Å². The molecule has 334 valence electrons. The SMILES string of the molecule is CCCCCC(C)(CCC)Oc1ccc(C(=O)c2ccc(Oc3ccc(N(c4ccccc4)c4ccc(N(c5ccccc5)c5ccc(OC(C)(CC)CC)cc5)cc4)cc3)cc2)cc1. The van der Waals surface area contributed by atoms with Crippen LogP contribution < -0.4 is 24.0 Å². The van der Waals surface area contributed by atoms with Crippen molar-refractivity contribution < 1.29 is 19.0 Å². The van der Waals surface area contributed by atoms with Gasteiger partial charge < -0.3 is 24.0 Å². The van der Waals surface area contributed by atoms with Crippen molar-refractivity contribution in [1.29, 1.82) is 0 Å². The highest BCUT2D eigenvalue weighted by molar-refractivity contribution is 6.09. The molecule has 0 aliphatic heterocycles. The third kappa shape index (κ3) is 11.9. The third-order valence-electron chi connectivity index (χ3n) is 12.4. The number of hydrogen-bond donors (Lipinski definition) is 0. The van der Waals surface area contributed by atoms with E-state index >= 15 is 0 Å². The Morgan fingerprint density at radius 1 is 0.400 bits per heavy atom. The van der Waals surface area contributed by atoms with Crippen molar-refractivity contribution >= 4 is 39.9 Å². The minimum Gasteiger partial charge on any atom is -0.488 e. The molecule has 0 saturated carbocycles. The van der Waals surface area contributed by atoms with E-state index in [1.807, 2.05) is 72.8 Å². The van der Waals surface area contributed by atoms with Crippen LogP contribution in [-0.4, -0.2) is 17.0 Å². The van der Waals surface area contributed by atoms with Crippen molar-refractivity contribution in [3.8, 4) is 23.0 Å². The van der Waals surface area contributed by atoms with E-state index in [4.69, 9.17) is 14.2 Å². The molecular weight excluding hydrogens is 801 g/mol. The van der Waals surface area contributed by atoms with E-state index in [-0.39, 0.29) is 17.0 Å². The second-order valence-electron chi connectivity index (χ2n) is 17.3. The number of hydrogen-bond acceptors (Lipinski definition) is 6. The van der Waals surface area contributed by atoms with Gasteiger partial charge in [0, 0.05) is 45.3 Å². The van der Waals surface area contributed by atoms with Gasteiger partial charge in [0.25, 0.3) is 0 Å². The van der Waals surface area contributed by atoms with Crippen LogP contribution in [0.3, 0.4) is 0 Å². The standard InChI is InChI=1S/C59H64N2O4/c1-7-11-18-44-59(6,43-8-2)65-55-37-25-46(26-38-55)57(62)45-23-35-53(36-24-45)63-54-39-31-51(32-40-54)60(47-19-14-12-15-20-47)49-27-29-50(30-28-49)61(48-21-16-13-17-22-48)52-33-41-56(42-34-52)64-58(5,9-3)10-4/h12-17,19-42H,7-11,18,43-44H2,1-6H3. The lowest BCUT2D eigenvalue weighted by molar-refractivity contribution is 0.0660. The molecule has 7 rings (SSSR count). The van der Waals surface area contributed by atoms with Crippen molar-refractivity contribution in [1.82, 2.24) is 0 Å². The zero-order valence-corrected chi connectivity index (χ0v) is 39.0. The molecule has 1 atom stereocenters. The Kier molecular flexibility index (Phi) is 15.4. The Labute approximate surface area is 387 Å². The molecule has 65 heavy (non-hydrogen) atoms. The predicted octanol–water partition coefficient (Wildman–Crippen LogP) is 17.1. The molecule has 0 spiro atoms. The molecule has 0 N–H and O–H groups in total. The molecule has 0 aliphatic carbocycles. The maximum atomic E-state index is 13.5. The van der Waals surface area contributed by atoms with Gasteiger partial charge in [-0.05, 0) is 192 Å². The highest BCUT2D eigenvalue weighted by Crippen LogP contribution is 2.40. The van der Waals surface area contributed by atoms with Crippen molar-refractivity contribution in [2.24, 2.45) is 0 Å². The number of benzene rings is 7. The first kappa shape index (κ1) is 46.2. The molecule has 0 fully saturated rings. The molecule has 7 aromatic rings. The number of carbonyl (C=O) groups excluding carboxylic acids is 1. The predicted molar refractivity (Wildman–Crippen MR) is 270 cm³/mol. The van der Waals surface area contributed by atoms with Gasteiger partial charge in [-0.3, -0.25) is 4.79 Å². The Morgan fingerprint density at radius 2 is 0.754 bits per heavy atom. The van der Waals surface area contributed by atoms with Gasteiger partial charge in [0.15, 0.2) is 5.78 Å². The summed E-state index contributed by atoms with van der Waals surface area (Å²) in [7, 11) is 0. The highest BCUT2D eigenvalue weighted by Gasteiger charge is 2.26. The van der Waals surface area contributed by atoms with E-state index in [1.165, 1.54) is 12.8 Å². The number of nitrogens with zero attached hydrogens (tertiary/aromatic N) is 2. The van der Waals surface area contributed by atoms with Gasteiger partial charge >= 0.3 is 0 Å². The summed E-state index contributed by atoms with van der Waals surface area (Å²) in [6, 6.07) is 60.9. The number of para-hydroxylation sites is 2. The van der Waals surface area contributed by atoms with Crippen LogP contribution in [0.1, 0.15) is 109 Å². The van der Waals surface area contributed by atoms with Crippen LogP contribution in [-0.2, 0) is 0 Å². The zero-order valence-electron chi connectivity index (χ0n) is 39.0. The van der Waals surface area contributed by atoms with Crippen LogP contribution in [0, 0.1) is 0 Å². The van der Waals surface area contributed by atoms with Gasteiger partial charge in [-0.15, -0.1) is 0 Å². The zero-order chi connectivity index (χ0) is 45.7. The van der Waals surface area contributed by atoms with Gasteiger partial charge in [-0.1, -0.05) is 83.4 Å². The first-order valence-corrected chi connectivity index (χ1v) is 23.4. The molecule has 6 nitrogen and oxygen atoms in total. The minimum absolute atomic E-state index is 0.0420. The molecule has 0 bridgehead atoms. The van der Waals surface area contributed by atoms with Gasteiger partial charge in [0.1, 0.15) is 34.2 Å². The average Bonchev–Trinajstić information content (AvgIpc) is 3.34. The second-order valence-corrected chi connectivity index (χ2v) is 17.3. The summed E-state index contributed by atoms with van der Waals surface area (Å²) in [6.45, 7) is 13.1. The monoisotopic (exact) mass is 864 g/mol. The van der Waals surface area contributed by atoms with Gasteiger partial charge in [-0.2, -0.15) is 0 Å². The summed E-state index contributed by atoms with van der Waals surface area (Å²) in [5.74, 6) is 2.97. The highest BCUT2D eigenvalue weighted by atomic mass is 16.5. The Balaban J connectivity index is 1.05. The lowest BCUT2D eigenvalue weighted by atomic mass is 9.93. The molecule has 0 heterocycles.